The van der Waals surface area contributed by atoms with Gasteiger partial charge in [0.05, 0.1) is 19.4 Å². The van der Waals surface area contributed by atoms with Gasteiger partial charge < -0.3 is 33.6 Å². The average molecular weight is 552 g/mol. The zero-order chi connectivity index (χ0) is 27.8. The molecule has 5 fully saturated rings. The molecule has 0 aromatic carbocycles. The number of esters is 2. The van der Waals surface area contributed by atoms with Crippen molar-refractivity contribution >= 4 is 17.8 Å². The van der Waals surface area contributed by atoms with Gasteiger partial charge >= 0.3 is 17.8 Å². The Kier molecular flexibility index (Phi) is 7.96. The molecule has 5 aliphatic rings. The highest BCUT2D eigenvalue weighted by Crippen LogP contribution is 2.60. The van der Waals surface area contributed by atoms with Crippen LogP contribution in [0, 0.1) is 33.8 Å². The molecule has 13 nitrogen and oxygen atoms in total. The van der Waals surface area contributed by atoms with E-state index in [-0.39, 0.29) is 43.0 Å². The van der Waals surface area contributed by atoms with Crippen molar-refractivity contribution in [3.8, 4) is 0 Å². The number of hydrogen-bond donors (Lipinski definition) is 0. The van der Waals surface area contributed by atoms with E-state index in [2.05, 4.69) is 11.9 Å². The molecule has 13 heteroatoms. The highest BCUT2D eigenvalue weighted by Gasteiger charge is 2.69. The van der Waals surface area contributed by atoms with Gasteiger partial charge in [0.25, 0.3) is 0 Å². The van der Waals surface area contributed by atoms with Crippen LogP contribution in [0.5, 0.6) is 0 Å². The lowest BCUT2D eigenvalue weighted by atomic mass is 9.58. The lowest BCUT2D eigenvalue weighted by molar-refractivity contribution is -0.576. The molecule has 0 unspecified atom stereocenters. The van der Waals surface area contributed by atoms with E-state index in [9.17, 15) is 19.7 Å². The van der Waals surface area contributed by atoms with Gasteiger partial charge in [-0.05, 0) is 60.8 Å². The molecule has 39 heavy (non-hydrogen) atoms. The SMILES string of the molecule is C[C@H]1[C@H](OC(=O)CCC(=O)OCCCCn2cnc([N+](=O)[O-])c2)O[C@@H]2O[C@@]3(C)CC[C@H]4[C@H](C)CC[C@@H]1[C@@]24OO3. The van der Waals surface area contributed by atoms with Crippen molar-refractivity contribution in [1.29, 1.82) is 0 Å². The number of nitrogens with zero attached hydrogens (tertiary/aromatic N) is 3. The fourth-order valence-electron chi connectivity index (χ4n) is 6.62. The zero-order valence-electron chi connectivity index (χ0n) is 22.6. The summed E-state index contributed by atoms with van der Waals surface area (Å²) in [6.07, 6.45) is 5.79. The van der Waals surface area contributed by atoms with Crippen LogP contribution in [0.25, 0.3) is 0 Å². The number of rotatable bonds is 10. The second-order valence-corrected chi connectivity index (χ2v) is 11.4. The Bertz CT molecular complexity index is 1080. The smallest absolute Gasteiger partial charge is 0.381 e. The molecule has 6 rings (SSSR count). The van der Waals surface area contributed by atoms with Gasteiger partial charge in [0.1, 0.15) is 6.20 Å². The maximum atomic E-state index is 12.7. The van der Waals surface area contributed by atoms with Crippen molar-refractivity contribution < 1.29 is 43.2 Å². The van der Waals surface area contributed by atoms with E-state index in [0.29, 0.717) is 31.7 Å². The fourth-order valence-corrected chi connectivity index (χ4v) is 6.62. The third kappa shape index (κ3) is 5.54. The van der Waals surface area contributed by atoms with Crippen LogP contribution in [0.1, 0.15) is 72.1 Å². The first-order valence-corrected chi connectivity index (χ1v) is 13.8. The predicted molar refractivity (Wildman–Crippen MR) is 131 cm³/mol. The average Bonchev–Trinajstić information content (AvgIpc) is 3.26. The van der Waals surface area contributed by atoms with Gasteiger partial charge in [-0.25, -0.2) is 9.78 Å². The number of aryl methyl sites for hydroxylation is 1. The third-order valence-electron chi connectivity index (χ3n) is 8.76. The maximum Gasteiger partial charge on any atom is 0.381 e. The molecule has 1 spiro atoms. The Morgan fingerprint density at radius 3 is 2.72 bits per heavy atom. The molecular weight excluding hydrogens is 514 g/mol. The van der Waals surface area contributed by atoms with E-state index in [1.165, 1.54) is 12.5 Å². The second-order valence-electron chi connectivity index (χ2n) is 11.4. The highest BCUT2D eigenvalue weighted by atomic mass is 17.3. The predicted octanol–water partition coefficient (Wildman–Crippen LogP) is 3.65. The number of hydrogen-bond acceptors (Lipinski definition) is 11. The van der Waals surface area contributed by atoms with E-state index in [1.54, 1.807) is 4.57 Å². The minimum Gasteiger partial charge on any atom is -0.466 e. The molecule has 4 saturated heterocycles. The molecule has 1 aromatic rings. The van der Waals surface area contributed by atoms with Crippen molar-refractivity contribution in [2.45, 2.75) is 103 Å². The van der Waals surface area contributed by atoms with Gasteiger partial charge in [0.2, 0.25) is 18.4 Å². The maximum absolute atomic E-state index is 12.7. The molecule has 0 radical (unpaired) electrons. The lowest BCUT2D eigenvalue weighted by Crippen LogP contribution is -2.70. The summed E-state index contributed by atoms with van der Waals surface area (Å²) in [4.78, 5) is 50.5. The molecule has 1 saturated carbocycles. The van der Waals surface area contributed by atoms with Crippen LogP contribution in [0.15, 0.2) is 12.5 Å². The topological polar surface area (TPSA) is 150 Å². The van der Waals surface area contributed by atoms with Gasteiger partial charge in [0, 0.05) is 24.8 Å². The first-order valence-electron chi connectivity index (χ1n) is 13.8. The Labute approximate surface area is 226 Å². The number of carbonyl (C=O) groups is 2. The van der Waals surface area contributed by atoms with E-state index < -0.39 is 40.8 Å². The van der Waals surface area contributed by atoms with Crippen molar-refractivity contribution in [2.24, 2.45) is 23.7 Å². The molecule has 216 valence electrons. The molecule has 8 atom stereocenters. The Balaban J connectivity index is 1.07. The summed E-state index contributed by atoms with van der Waals surface area (Å²) in [5.74, 6) is -1.59. The summed E-state index contributed by atoms with van der Waals surface area (Å²) in [7, 11) is 0. The molecule has 0 amide bonds. The van der Waals surface area contributed by atoms with E-state index in [1.807, 2.05) is 13.8 Å². The van der Waals surface area contributed by atoms with Gasteiger partial charge in [-0.3, -0.25) is 9.59 Å². The zero-order valence-corrected chi connectivity index (χ0v) is 22.6. The number of imidazole rings is 1. The number of nitro groups is 1. The number of carbonyl (C=O) groups excluding carboxylic acids is 2. The largest absolute Gasteiger partial charge is 0.466 e. The number of ether oxygens (including phenoxy) is 4. The van der Waals surface area contributed by atoms with Crippen LogP contribution in [0.4, 0.5) is 5.82 Å². The summed E-state index contributed by atoms with van der Waals surface area (Å²) in [6.45, 7) is 6.79. The summed E-state index contributed by atoms with van der Waals surface area (Å²) >= 11 is 0. The van der Waals surface area contributed by atoms with Crippen molar-refractivity contribution in [3.63, 3.8) is 0 Å². The van der Waals surface area contributed by atoms with Crippen LogP contribution in [0.2, 0.25) is 0 Å². The fraction of sp³-hybridized carbons (Fsp3) is 0.808. The first kappa shape index (κ1) is 27.9. The van der Waals surface area contributed by atoms with Crippen LogP contribution in [-0.4, -0.2) is 57.0 Å². The van der Waals surface area contributed by atoms with Gasteiger partial charge in [-0.15, -0.1) is 0 Å². The molecule has 1 aromatic heterocycles. The van der Waals surface area contributed by atoms with Crippen molar-refractivity contribution in [2.75, 3.05) is 6.61 Å². The second kappa shape index (κ2) is 11.1. The van der Waals surface area contributed by atoms with E-state index >= 15 is 0 Å². The highest BCUT2D eigenvalue weighted by molar-refractivity contribution is 5.77. The van der Waals surface area contributed by atoms with Gasteiger partial charge in [0.15, 0.2) is 11.9 Å². The van der Waals surface area contributed by atoms with Gasteiger partial charge in [-0.1, -0.05) is 13.8 Å². The number of aromatic nitrogens is 2. The lowest BCUT2D eigenvalue weighted by Gasteiger charge is -2.59. The molecule has 1 aliphatic carbocycles. The molecule has 0 N–H and O–H groups in total. The molecular formula is C26H37N3O10. The van der Waals surface area contributed by atoms with Crippen LogP contribution < -0.4 is 0 Å². The van der Waals surface area contributed by atoms with E-state index in [0.717, 1.165) is 19.3 Å². The summed E-state index contributed by atoms with van der Waals surface area (Å²) in [6, 6.07) is 0. The number of fused-ring (bicyclic) bond motifs is 2. The summed E-state index contributed by atoms with van der Waals surface area (Å²) in [5, 5.41) is 10.7. The Morgan fingerprint density at radius 2 is 1.95 bits per heavy atom. The minimum atomic E-state index is -0.910. The summed E-state index contributed by atoms with van der Waals surface area (Å²) in [5.41, 5.74) is -0.730. The molecule has 5 heterocycles. The third-order valence-corrected chi connectivity index (χ3v) is 8.76. The normalized spacial score (nSPS) is 37.0. The van der Waals surface area contributed by atoms with Crippen LogP contribution in [0.3, 0.4) is 0 Å². The summed E-state index contributed by atoms with van der Waals surface area (Å²) < 4.78 is 25.1. The van der Waals surface area contributed by atoms with Crippen molar-refractivity contribution in [3.05, 3.63) is 22.6 Å². The minimum absolute atomic E-state index is 0.0383. The van der Waals surface area contributed by atoms with Crippen molar-refractivity contribution in [1.82, 2.24) is 9.55 Å². The Hall–Kier alpha value is -2.61. The van der Waals surface area contributed by atoms with Gasteiger partial charge in [-0.2, -0.15) is 0 Å². The Morgan fingerprint density at radius 1 is 1.15 bits per heavy atom. The quantitative estimate of drug-likeness (QED) is 0.138. The number of unbranched alkanes of at least 4 members (excludes halogenated alkanes) is 1. The van der Waals surface area contributed by atoms with E-state index in [4.69, 9.17) is 28.7 Å². The van der Waals surface area contributed by atoms with Crippen LogP contribution >= 0.6 is 0 Å². The molecule has 4 aliphatic heterocycles. The van der Waals surface area contributed by atoms with Crippen LogP contribution in [-0.2, 0) is 44.9 Å². The molecule has 2 bridgehead atoms. The monoisotopic (exact) mass is 551 g/mol. The first-order chi connectivity index (χ1) is 18.6. The standard InChI is InChI=1S/C26H37N3O10/c1-16-6-7-19-17(2)23(36-24-26(19)18(16)10-11-25(3,37-24)38-39-26)35-22(31)9-8-21(30)34-13-5-4-12-28-14-20(27-15-28)29(32)33/h14-19,23-24H,4-13H2,1-3H3/t16-,17-,18+,19+,23-,24-,25-,26-/m1/s1.